The van der Waals surface area contributed by atoms with Gasteiger partial charge in [-0.05, 0) is 49.4 Å². The zero-order valence-corrected chi connectivity index (χ0v) is 15.6. The number of ether oxygens (including phenoxy) is 1. The first-order valence-corrected chi connectivity index (χ1v) is 8.87. The second-order valence-electron chi connectivity index (χ2n) is 6.67. The zero-order chi connectivity index (χ0) is 21.5. The van der Waals surface area contributed by atoms with Gasteiger partial charge in [0.2, 0.25) is 0 Å². The van der Waals surface area contributed by atoms with Crippen LogP contribution in [-0.4, -0.2) is 16.1 Å². The van der Waals surface area contributed by atoms with Gasteiger partial charge in [0, 0.05) is 10.9 Å². The molecule has 0 atom stereocenters. The first-order chi connectivity index (χ1) is 14.2. The SMILES string of the molecule is Cc1ccc2c(-c3cccc(OC(F)(F)F)c3)nn(-c3ccc(F)cc3)c(=O)c2c1. The first-order valence-electron chi connectivity index (χ1n) is 8.87. The van der Waals surface area contributed by atoms with Crippen LogP contribution in [0.5, 0.6) is 5.75 Å². The van der Waals surface area contributed by atoms with E-state index in [0.29, 0.717) is 27.7 Å². The molecular weight excluding hydrogens is 400 g/mol. The maximum Gasteiger partial charge on any atom is 0.573 e. The van der Waals surface area contributed by atoms with Crippen LogP contribution in [-0.2, 0) is 0 Å². The second-order valence-corrected chi connectivity index (χ2v) is 6.67. The van der Waals surface area contributed by atoms with Gasteiger partial charge < -0.3 is 4.74 Å². The number of rotatable bonds is 3. The number of alkyl halides is 3. The Bertz CT molecular complexity index is 1300. The van der Waals surface area contributed by atoms with Gasteiger partial charge in [-0.25, -0.2) is 4.39 Å². The molecule has 0 aliphatic carbocycles. The molecule has 0 fully saturated rings. The summed E-state index contributed by atoms with van der Waals surface area (Å²) in [5.41, 5.74) is 1.36. The molecule has 3 aromatic carbocycles. The van der Waals surface area contributed by atoms with E-state index in [1.807, 2.05) is 6.92 Å². The van der Waals surface area contributed by atoms with Gasteiger partial charge in [-0.15, -0.1) is 13.2 Å². The quantitative estimate of drug-likeness (QED) is 0.422. The molecule has 0 saturated heterocycles. The van der Waals surface area contributed by atoms with Crippen LogP contribution in [0, 0.1) is 12.7 Å². The zero-order valence-electron chi connectivity index (χ0n) is 15.6. The average molecular weight is 414 g/mol. The Kier molecular flexibility index (Phi) is 4.77. The molecule has 152 valence electrons. The van der Waals surface area contributed by atoms with Crippen LogP contribution >= 0.6 is 0 Å². The molecule has 0 bridgehead atoms. The van der Waals surface area contributed by atoms with E-state index in [9.17, 15) is 22.4 Å². The van der Waals surface area contributed by atoms with Crippen molar-refractivity contribution in [3.8, 4) is 22.7 Å². The number of aryl methyl sites for hydroxylation is 1. The minimum absolute atomic E-state index is 0.293. The molecule has 0 amide bonds. The average Bonchev–Trinajstić information content (AvgIpc) is 2.68. The molecule has 8 heteroatoms. The van der Waals surface area contributed by atoms with Gasteiger partial charge in [-0.1, -0.05) is 29.8 Å². The molecule has 4 nitrogen and oxygen atoms in total. The Labute approximate surface area is 168 Å². The Morgan fingerprint density at radius 3 is 2.37 bits per heavy atom. The Morgan fingerprint density at radius 2 is 1.67 bits per heavy atom. The van der Waals surface area contributed by atoms with E-state index < -0.39 is 23.5 Å². The minimum Gasteiger partial charge on any atom is -0.406 e. The first kappa shape index (κ1) is 19.6. The fourth-order valence-electron chi connectivity index (χ4n) is 3.17. The molecule has 30 heavy (non-hydrogen) atoms. The van der Waals surface area contributed by atoms with Gasteiger partial charge in [0.05, 0.1) is 16.8 Å². The van der Waals surface area contributed by atoms with Crippen molar-refractivity contribution in [2.24, 2.45) is 0 Å². The normalized spacial score (nSPS) is 11.6. The van der Waals surface area contributed by atoms with Crippen molar-refractivity contribution in [3.05, 3.63) is 88.5 Å². The van der Waals surface area contributed by atoms with Gasteiger partial charge >= 0.3 is 6.36 Å². The standard InChI is InChI=1S/C22H14F4N2O2/c1-13-5-10-18-19(11-13)21(29)28(16-8-6-15(23)7-9-16)27-20(18)14-3-2-4-17(12-14)30-22(24,25)26/h2-12H,1H3. The van der Waals surface area contributed by atoms with Crippen molar-refractivity contribution in [2.45, 2.75) is 13.3 Å². The summed E-state index contributed by atoms with van der Waals surface area (Å²) in [4.78, 5) is 13.0. The number of halogens is 4. The van der Waals surface area contributed by atoms with Gasteiger partial charge in [0.25, 0.3) is 5.56 Å². The molecule has 0 saturated carbocycles. The maximum absolute atomic E-state index is 13.3. The van der Waals surface area contributed by atoms with E-state index in [1.165, 1.54) is 42.5 Å². The molecule has 0 N–H and O–H groups in total. The number of benzene rings is 3. The molecule has 4 rings (SSSR count). The molecule has 4 aromatic rings. The lowest BCUT2D eigenvalue weighted by molar-refractivity contribution is -0.274. The fourth-order valence-corrected chi connectivity index (χ4v) is 3.17. The third kappa shape index (κ3) is 3.89. The predicted molar refractivity (Wildman–Crippen MR) is 104 cm³/mol. The predicted octanol–water partition coefficient (Wildman–Crippen LogP) is 5.40. The summed E-state index contributed by atoms with van der Waals surface area (Å²) >= 11 is 0. The van der Waals surface area contributed by atoms with Crippen molar-refractivity contribution < 1.29 is 22.3 Å². The lowest BCUT2D eigenvalue weighted by Crippen LogP contribution is -2.22. The van der Waals surface area contributed by atoms with E-state index in [0.717, 1.165) is 10.2 Å². The van der Waals surface area contributed by atoms with Gasteiger partial charge in [-0.2, -0.15) is 9.78 Å². The fraction of sp³-hybridized carbons (Fsp3) is 0.0909. The van der Waals surface area contributed by atoms with Crippen LogP contribution in [0.3, 0.4) is 0 Å². The Balaban J connectivity index is 1.98. The highest BCUT2D eigenvalue weighted by Gasteiger charge is 2.31. The highest BCUT2D eigenvalue weighted by Crippen LogP contribution is 2.30. The van der Waals surface area contributed by atoms with E-state index >= 15 is 0 Å². The third-order valence-electron chi connectivity index (χ3n) is 4.47. The summed E-state index contributed by atoms with van der Waals surface area (Å²) in [6, 6.07) is 15.7. The van der Waals surface area contributed by atoms with E-state index in [-0.39, 0.29) is 0 Å². The van der Waals surface area contributed by atoms with Crippen LogP contribution in [0.1, 0.15) is 5.56 Å². The van der Waals surface area contributed by atoms with E-state index in [2.05, 4.69) is 9.84 Å². The van der Waals surface area contributed by atoms with Crippen LogP contribution in [0.4, 0.5) is 17.6 Å². The number of hydrogen-bond donors (Lipinski definition) is 0. The van der Waals surface area contributed by atoms with Gasteiger partial charge in [0.15, 0.2) is 0 Å². The maximum atomic E-state index is 13.3. The summed E-state index contributed by atoms with van der Waals surface area (Å²) in [6.07, 6.45) is -4.84. The van der Waals surface area contributed by atoms with Crippen molar-refractivity contribution in [1.29, 1.82) is 0 Å². The lowest BCUT2D eigenvalue weighted by Gasteiger charge is -2.13. The van der Waals surface area contributed by atoms with Crippen LogP contribution < -0.4 is 10.3 Å². The van der Waals surface area contributed by atoms with Crippen molar-refractivity contribution in [2.75, 3.05) is 0 Å². The van der Waals surface area contributed by atoms with Crippen LogP contribution in [0.25, 0.3) is 27.7 Å². The summed E-state index contributed by atoms with van der Waals surface area (Å²) in [7, 11) is 0. The van der Waals surface area contributed by atoms with Gasteiger partial charge in [0.1, 0.15) is 11.6 Å². The molecule has 0 radical (unpaired) electrons. The molecule has 0 spiro atoms. The topological polar surface area (TPSA) is 44.1 Å². The van der Waals surface area contributed by atoms with Crippen molar-refractivity contribution in [3.63, 3.8) is 0 Å². The summed E-state index contributed by atoms with van der Waals surface area (Å²) < 4.78 is 56.3. The molecule has 0 aliphatic heterocycles. The molecule has 0 unspecified atom stereocenters. The molecule has 0 aliphatic rings. The summed E-state index contributed by atoms with van der Waals surface area (Å²) in [6.45, 7) is 1.82. The Morgan fingerprint density at radius 1 is 0.933 bits per heavy atom. The number of hydrogen-bond acceptors (Lipinski definition) is 3. The summed E-state index contributed by atoms with van der Waals surface area (Å²) in [5.74, 6) is -0.873. The van der Waals surface area contributed by atoms with Crippen LogP contribution in [0.2, 0.25) is 0 Å². The molecule has 1 heterocycles. The monoisotopic (exact) mass is 414 g/mol. The molecule has 1 aromatic heterocycles. The lowest BCUT2D eigenvalue weighted by atomic mass is 10.0. The number of nitrogens with zero attached hydrogens (tertiary/aromatic N) is 2. The third-order valence-corrected chi connectivity index (χ3v) is 4.47. The minimum atomic E-state index is -4.84. The van der Waals surface area contributed by atoms with E-state index in [4.69, 9.17) is 0 Å². The van der Waals surface area contributed by atoms with E-state index in [1.54, 1.807) is 24.3 Å². The highest BCUT2D eigenvalue weighted by atomic mass is 19.4. The second kappa shape index (κ2) is 7.29. The number of aromatic nitrogens is 2. The number of fused-ring (bicyclic) bond motifs is 1. The van der Waals surface area contributed by atoms with Crippen LogP contribution in [0.15, 0.2) is 71.5 Å². The summed E-state index contributed by atoms with van der Waals surface area (Å²) in [5, 5.41) is 5.20. The van der Waals surface area contributed by atoms with Crippen molar-refractivity contribution in [1.82, 2.24) is 9.78 Å². The van der Waals surface area contributed by atoms with Crippen molar-refractivity contribution >= 4 is 10.8 Å². The largest absolute Gasteiger partial charge is 0.573 e. The smallest absolute Gasteiger partial charge is 0.406 e. The Hall–Kier alpha value is -3.68. The van der Waals surface area contributed by atoms with Gasteiger partial charge in [-0.3, -0.25) is 4.79 Å². The molecular formula is C22H14F4N2O2. The highest BCUT2D eigenvalue weighted by molar-refractivity contribution is 5.94.